The summed E-state index contributed by atoms with van der Waals surface area (Å²) in [5.41, 5.74) is 0.684. The second-order valence-electron chi connectivity index (χ2n) is 6.68. The first-order chi connectivity index (χ1) is 12.4. The van der Waals surface area contributed by atoms with Gasteiger partial charge < -0.3 is 4.90 Å². The molecule has 0 bridgehead atoms. The molecular formula is C19H23N3O3S. The average Bonchev–Trinajstić information content (AvgIpc) is 2.67. The molecule has 1 saturated heterocycles. The van der Waals surface area contributed by atoms with Gasteiger partial charge in [0.15, 0.2) is 0 Å². The molecule has 1 aromatic carbocycles. The van der Waals surface area contributed by atoms with Gasteiger partial charge in [0, 0.05) is 26.3 Å². The normalized spacial score (nSPS) is 17.8. The molecule has 2 aromatic rings. The Hall–Kier alpha value is -2.41. The third-order valence-corrected chi connectivity index (χ3v) is 6.47. The third-order valence-electron chi connectivity index (χ3n) is 4.67. The third kappa shape index (κ3) is 3.72. The van der Waals surface area contributed by atoms with Crippen molar-refractivity contribution in [2.24, 2.45) is 5.92 Å². The van der Waals surface area contributed by atoms with Crippen LogP contribution in [0.2, 0.25) is 0 Å². The second kappa shape index (κ2) is 7.45. The van der Waals surface area contributed by atoms with E-state index in [0.717, 1.165) is 12.8 Å². The van der Waals surface area contributed by atoms with E-state index in [9.17, 15) is 13.2 Å². The Balaban J connectivity index is 1.86. The van der Waals surface area contributed by atoms with Gasteiger partial charge in [0.25, 0.3) is 15.9 Å². The average molecular weight is 373 g/mol. The Morgan fingerprint density at radius 3 is 2.65 bits per heavy atom. The zero-order valence-electron chi connectivity index (χ0n) is 15.0. The van der Waals surface area contributed by atoms with Crippen LogP contribution < -0.4 is 4.31 Å². The van der Waals surface area contributed by atoms with Crippen LogP contribution in [0.3, 0.4) is 0 Å². The van der Waals surface area contributed by atoms with Crippen molar-refractivity contribution in [3.8, 4) is 0 Å². The molecule has 1 fully saturated rings. The molecule has 0 spiro atoms. The summed E-state index contributed by atoms with van der Waals surface area (Å²) in [5, 5.41) is 0. The van der Waals surface area contributed by atoms with Crippen molar-refractivity contribution in [3.63, 3.8) is 0 Å². The highest BCUT2D eigenvalue weighted by molar-refractivity contribution is 7.92. The lowest BCUT2D eigenvalue weighted by molar-refractivity contribution is 0.0677. The highest BCUT2D eigenvalue weighted by Gasteiger charge is 2.25. The number of hydrogen-bond acceptors (Lipinski definition) is 4. The van der Waals surface area contributed by atoms with Crippen LogP contribution >= 0.6 is 0 Å². The largest absolute Gasteiger partial charge is 0.337 e. The Kier molecular flexibility index (Phi) is 5.27. The molecule has 6 nitrogen and oxygen atoms in total. The van der Waals surface area contributed by atoms with Gasteiger partial charge in [0.1, 0.15) is 5.69 Å². The topological polar surface area (TPSA) is 70.6 Å². The van der Waals surface area contributed by atoms with Crippen molar-refractivity contribution >= 4 is 21.6 Å². The van der Waals surface area contributed by atoms with Crippen molar-refractivity contribution in [1.29, 1.82) is 0 Å². The molecule has 1 amide bonds. The first-order valence-electron chi connectivity index (χ1n) is 8.69. The van der Waals surface area contributed by atoms with Crippen molar-refractivity contribution in [1.82, 2.24) is 9.88 Å². The predicted octanol–water partition coefficient (Wildman–Crippen LogP) is 2.78. The van der Waals surface area contributed by atoms with Crippen LogP contribution in [0.5, 0.6) is 0 Å². The molecule has 0 N–H and O–H groups in total. The number of hydrogen-bond donors (Lipinski definition) is 0. The number of nitrogens with zero attached hydrogens (tertiary/aromatic N) is 3. The number of likely N-dealkylation sites (tertiary alicyclic amines) is 1. The molecular weight excluding hydrogens is 350 g/mol. The molecule has 0 radical (unpaired) electrons. The van der Waals surface area contributed by atoms with Crippen molar-refractivity contribution in [3.05, 3.63) is 54.4 Å². The van der Waals surface area contributed by atoms with Crippen LogP contribution in [-0.4, -0.2) is 44.3 Å². The summed E-state index contributed by atoms with van der Waals surface area (Å²) in [4.78, 5) is 18.9. The molecule has 3 rings (SSSR count). The fourth-order valence-electron chi connectivity index (χ4n) is 3.16. The van der Waals surface area contributed by atoms with Crippen molar-refractivity contribution in [2.75, 3.05) is 24.4 Å². The van der Waals surface area contributed by atoms with Crippen LogP contribution in [0.1, 0.15) is 30.3 Å². The minimum atomic E-state index is -3.69. The summed E-state index contributed by atoms with van der Waals surface area (Å²) < 4.78 is 26.7. The number of aromatic nitrogens is 1. The summed E-state index contributed by atoms with van der Waals surface area (Å²) >= 11 is 0. The van der Waals surface area contributed by atoms with Crippen LogP contribution in [0.25, 0.3) is 0 Å². The fraction of sp³-hybridized carbons (Fsp3) is 0.368. The highest BCUT2D eigenvalue weighted by Crippen LogP contribution is 2.23. The van der Waals surface area contributed by atoms with Gasteiger partial charge in [-0.2, -0.15) is 0 Å². The summed E-state index contributed by atoms with van der Waals surface area (Å²) in [6.07, 6.45) is 3.58. The van der Waals surface area contributed by atoms with Gasteiger partial charge in [-0.05, 0) is 43.0 Å². The quantitative estimate of drug-likeness (QED) is 0.826. The zero-order chi connectivity index (χ0) is 18.7. The van der Waals surface area contributed by atoms with E-state index < -0.39 is 10.0 Å². The van der Waals surface area contributed by atoms with E-state index in [1.165, 1.54) is 17.5 Å². The van der Waals surface area contributed by atoms with E-state index in [2.05, 4.69) is 11.9 Å². The van der Waals surface area contributed by atoms with Gasteiger partial charge in [0.2, 0.25) is 0 Å². The molecule has 26 heavy (non-hydrogen) atoms. The molecule has 1 unspecified atom stereocenters. The molecule has 0 aliphatic carbocycles. The molecule has 138 valence electrons. The number of amides is 1. The standard InChI is InChI=1S/C19H23N3O3S/c1-15-7-6-12-22(14-15)19(23)18-13-16(10-11-20-18)21(2)26(24,25)17-8-4-3-5-9-17/h3-5,8-11,13,15H,6-7,12,14H2,1-2H3. The Morgan fingerprint density at radius 2 is 1.96 bits per heavy atom. The van der Waals surface area contributed by atoms with Gasteiger partial charge >= 0.3 is 0 Å². The van der Waals surface area contributed by atoms with E-state index >= 15 is 0 Å². The fourth-order valence-corrected chi connectivity index (χ4v) is 4.37. The van der Waals surface area contributed by atoms with Gasteiger partial charge in [-0.15, -0.1) is 0 Å². The maximum atomic E-state index is 12.8. The summed E-state index contributed by atoms with van der Waals surface area (Å²) in [6.45, 7) is 3.56. The van der Waals surface area contributed by atoms with Crippen molar-refractivity contribution < 1.29 is 13.2 Å². The SMILES string of the molecule is CC1CCCN(C(=O)c2cc(N(C)S(=O)(=O)c3ccccc3)ccn2)C1. The number of benzene rings is 1. The van der Waals surface area contributed by atoms with Crippen LogP contribution in [0, 0.1) is 5.92 Å². The van der Waals surface area contributed by atoms with Crippen LogP contribution in [0.15, 0.2) is 53.6 Å². The van der Waals surface area contributed by atoms with Crippen molar-refractivity contribution in [2.45, 2.75) is 24.7 Å². The van der Waals surface area contributed by atoms with Crippen LogP contribution in [-0.2, 0) is 10.0 Å². The lowest BCUT2D eigenvalue weighted by Gasteiger charge is -2.30. The van der Waals surface area contributed by atoms with E-state index in [-0.39, 0.29) is 16.5 Å². The summed E-state index contributed by atoms with van der Waals surface area (Å²) in [5.74, 6) is 0.320. The Morgan fingerprint density at radius 1 is 1.23 bits per heavy atom. The highest BCUT2D eigenvalue weighted by atomic mass is 32.2. The lowest BCUT2D eigenvalue weighted by atomic mass is 10.00. The lowest BCUT2D eigenvalue weighted by Crippen LogP contribution is -2.39. The first kappa shape index (κ1) is 18.4. The number of carbonyl (C=O) groups excluding carboxylic acids is 1. The first-order valence-corrected chi connectivity index (χ1v) is 10.1. The van der Waals surface area contributed by atoms with Gasteiger partial charge in [-0.1, -0.05) is 25.1 Å². The molecule has 7 heteroatoms. The van der Waals surface area contributed by atoms with Gasteiger partial charge in [-0.3, -0.25) is 14.1 Å². The maximum Gasteiger partial charge on any atom is 0.272 e. The van der Waals surface area contributed by atoms with Gasteiger partial charge in [-0.25, -0.2) is 8.42 Å². The monoisotopic (exact) mass is 373 g/mol. The molecule has 0 saturated carbocycles. The Labute approximate surface area is 154 Å². The smallest absolute Gasteiger partial charge is 0.272 e. The minimum Gasteiger partial charge on any atom is -0.337 e. The molecule has 1 aliphatic rings. The summed E-state index contributed by atoms with van der Waals surface area (Å²) in [7, 11) is -2.21. The number of piperidine rings is 1. The Bertz CT molecular complexity index is 884. The number of anilines is 1. The molecule has 1 aliphatic heterocycles. The van der Waals surface area contributed by atoms with E-state index in [1.807, 2.05) is 0 Å². The van der Waals surface area contributed by atoms with E-state index in [4.69, 9.17) is 0 Å². The minimum absolute atomic E-state index is 0.149. The number of carbonyl (C=O) groups is 1. The predicted molar refractivity (Wildman–Crippen MR) is 101 cm³/mol. The second-order valence-corrected chi connectivity index (χ2v) is 8.65. The van der Waals surface area contributed by atoms with Gasteiger partial charge in [0.05, 0.1) is 10.6 Å². The number of rotatable bonds is 4. The molecule has 1 atom stereocenters. The molecule has 2 heterocycles. The zero-order valence-corrected chi connectivity index (χ0v) is 15.8. The maximum absolute atomic E-state index is 12.8. The van der Waals surface area contributed by atoms with E-state index in [0.29, 0.717) is 24.7 Å². The number of sulfonamides is 1. The molecule has 1 aromatic heterocycles. The van der Waals surface area contributed by atoms with Crippen LogP contribution in [0.4, 0.5) is 5.69 Å². The number of pyridine rings is 1. The summed E-state index contributed by atoms with van der Waals surface area (Å²) in [6, 6.07) is 11.4. The van der Waals surface area contributed by atoms with E-state index in [1.54, 1.807) is 47.4 Å².